The molecule has 51 heavy (non-hydrogen) atoms. The fourth-order valence-corrected chi connectivity index (χ4v) is 5.68. The smallest absolute Gasteiger partial charge is 0.410 e. The SMILES string of the molecule is CC(Cc1ccc2c(c1)cc(C(=O)OCc1ccccc1)n2Cc1ccc([N+](=O)[O-])cc1)N(C[C@H](O)COc1ccccc1)C(=O)OC(C)(C)C. The molecule has 1 N–H and O–H groups in total. The van der Waals surface area contributed by atoms with Gasteiger partial charge in [-0.3, -0.25) is 10.1 Å². The van der Waals surface area contributed by atoms with Crippen LogP contribution in [0.2, 0.25) is 0 Å². The number of amides is 1. The Morgan fingerprint density at radius 2 is 1.53 bits per heavy atom. The summed E-state index contributed by atoms with van der Waals surface area (Å²) >= 11 is 0. The highest BCUT2D eigenvalue weighted by molar-refractivity contribution is 5.96. The molecule has 1 heterocycles. The van der Waals surface area contributed by atoms with Gasteiger partial charge in [0.2, 0.25) is 0 Å². The Morgan fingerprint density at radius 1 is 0.882 bits per heavy atom. The van der Waals surface area contributed by atoms with E-state index in [1.807, 2.05) is 78.2 Å². The Bertz CT molecular complexity index is 1940. The minimum atomic E-state index is -0.972. The van der Waals surface area contributed by atoms with E-state index in [-0.39, 0.29) is 38.0 Å². The van der Waals surface area contributed by atoms with E-state index in [4.69, 9.17) is 14.2 Å². The topological polar surface area (TPSA) is 133 Å². The maximum absolute atomic E-state index is 13.5. The molecule has 0 saturated heterocycles. The molecule has 1 amide bonds. The average molecular weight is 694 g/mol. The van der Waals surface area contributed by atoms with Crippen LogP contribution in [-0.4, -0.2) is 62.5 Å². The van der Waals surface area contributed by atoms with Crippen LogP contribution < -0.4 is 4.74 Å². The molecule has 0 aliphatic heterocycles. The molecule has 1 aromatic heterocycles. The summed E-state index contributed by atoms with van der Waals surface area (Å²) in [4.78, 5) is 39.2. The van der Waals surface area contributed by atoms with Crippen LogP contribution in [0.5, 0.6) is 5.75 Å². The van der Waals surface area contributed by atoms with Gasteiger partial charge in [-0.05, 0) is 81.1 Å². The highest BCUT2D eigenvalue weighted by atomic mass is 16.6. The molecule has 4 aromatic carbocycles. The predicted octanol–water partition coefficient (Wildman–Crippen LogP) is 7.56. The number of nitro benzene ring substituents is 1. The number of esters is 1. The highest BCUT2D eigenvalue weighted by Gasteiger charge is 2.29. The van der Waals surface area contributed by atoms with E-state index in [1.54, 1.807) is 51.1 Å². The average Bonchev–Trinajstić information content (AvgIpc) is 3.46. The van der Waals surface area contributed by atoms with Gasteiger partial charge < -0.3 is 28.8 Å². The summed E-state index contributed by atoms with van der Waals surface area (Å²) < 4.78 is 19.0. The molecule has 5 aromatic rings. The van der Waals surface area contributed by atoms with Gasteiger partial charge in [-0.1, -0.05) is 66.7 Å². The molecule has 266 valence electrons. The number of benzene rings is 4. The number of aliphatic hydroxyl groups excluding tert-OH is 1. The number of ether oxygens (including phenoxy) is 3. The Hall–Kier alpha value is -5.68. The number of rotatable bonds is 14. The van der Waals surface area contributed by atoms with Crippen molar-refractivity contribution in [3.05, 3.63) is 142 Å². The molecule has 2 atom stereocenters. The van der Waals surface area contributed by atoms with Crippen LogP contribution in [0.15, 0.2) is 109 Å². The first-order valence-corrected chi connectivity index (χ1v) is 16.8. The quantitative estimate of drug-likeness (QED) is 0.0716. The first-order valence-electron chi connectivity index (χ1n) is 16.8. The zero-order chi connectivity index (χ0) is 36.5. The summed E-state index contributed by atoms with van der Waals surface area (Å²) in [6.45, 7) is 7.64. The number of aliphatic hydroxyl groups is 1. The molecule has 0 saturated carbocycles. The number of nitrogens with zero attached hydrogens (tertiary/aromatic N) is 3. The summed E-state index contributed by atoms with van der Waals surface area (Å²) in [6, 6.07) is 32.0. The van der Waals surface area contributed by atoms with Crippen molar-refractivity contribution in [3.8, 4) is 5.75 Å². The number of hydrogen-bond donors (Lipinski definition) is 1. The van der Waals surface area contributed by atoms with Gasteiger partial charge in [0, 0.05) is 35.6 Å². The molecule has 0 spiro atoms. The minimum absolute atomic E-state index is 0.00578. The fourth-order valence-electron chi connectivity index (χ4n) is 5.68. The summed E-state index contributed by atoms with van der Waals surface area (Å²) in [5, 5.41) is 22.9. The van der Waals surface area contributed by atoms with Crippen LogP contribution in [0.3, 0.4) is 0 Å². The van der Waals surface area contributed by atoms with Crippen LogP contribution in [0.1, 0.15) is 54.9 Å². The maximum Gasteiger partial charge on any atom is 0.410 e. The zero-order valence-corrected chi connectivity index (χ0v) is 29.2. The number of non-ortho nitro benzene ring substituents is 1. The molecular weight excluding hydrogens is 650 g/mol. The molecule has 0 radical (unpaired) electrons. The lowest BCUT2D eigenvalue weighted by Crippen LogP contribution is -2.47. The van der Waals surface area contributed by atoms with E-state index in [0.717, 1.165) is 27.6 Å². The summed E-state index contributed by atoms with van der Waals surface area (Å²) in [5.74, 6) is 0.111. The summed E-state index contributed by atoms with van der Waals surface area (Å²) in [7, 11) is 0. The van der Waals surface area contributed by atoms with Crippen molar-refractivity contribution in [2.24, 2.45) is 0 Å². The summed E-state index contributed by atoms with van der Waals surface area (Å²) in [5.41, 5.74) is 2.87. The van der Waals surface area contributed by atoms with E-state index in [0.29, 0.717) is 17.9 Å². The Labute approximate surface area is 297 Å². The molecule has 11 heteroatoms. The Kier molecular flexibility index (Phi) is 11.7. The molecule has 11 nitrogen and oxygen atoms in total. The predicted molar refractivity (Wildman–Crippen MR) is 194 cm³/mol. The number of carbonyl (C=O) groups excluding carboxylic acids is 2. The van der Waals surface area contributed by atoms with E-state index >= 15 is 0 Å². The minimum Gasteiger partial charge on any atom is -0.491 e. The van der Waals surface area contributed by atoms with Gasteiger partial charge in [0.15, 0.2) is 0 Å². The number of para-hydroxylation sites is 1. The third-order valence-electron chi connectivity index (χ3n) is 8.16. The number of carbonyl (C=O) groups is 2. The molecule has 0 bridgehead atoms. The van der Waals surface area contributed by atoms with E-state index < -0.39 is 28.7 Å². The molecular formula is C40H43N3O8. The molecule has 0 aliphatic carbocycles. The molecule has 1 unspecified atom stereocenters. The van der Waals surface area contributed by atoms with Crippen LogP contribution >= 0.6 is 0 Å². The zero-order valence-electron chi connectivity index (χ0n) is 29.2. The molecule has 5 rings (SSSR count). The number of aromatic nitrogens is 1. The largest absolute Gasteiger partial charge is 0.491 e. The second-order valence-electron chi connectivity index (χ2n) is 13.5. The van der Waals surface area contributed by atoms with Crippen molar-refractivity contribution in [2.75, 3.05) is 13.2 Å². The Balaban J connectivity index is 1.39. The maximum atomic E-state index is 13.5. The van der Waals surface area contributed by atoms with Crippen molar-refractivity contribution in [3.63, 3.8) is 0 Å². The van der Waals surface area contributed by atoms with Gasteiger partial charge in [0.25, 0.3) is 5.69 Å². The van der Waals surface area contributed by atoms with Crippen molar-refractivity contribution >= 4 is 28.7 Å². The lowest BCUT2D eigenvalue weighted by Gasteiger charge is -2.33. The fraction of sp³-hybridized carbons (Fsp3) is 0.300. The lowest BCUT2D eigenvalue weighted by molar-refractivity contribution is -0.384. The van der Waals surface area contributed by atoms with Crippen LogP contribution in [-0.2, 0) is 29.0 Å². The van der Waals surface area contributed by atoms with E-state index in [9.17, 15) is 24.8 Å². The third kappa shape index (κ3) is 10.2. The van der Waals surface area contributed by atoms with Gasteiger partial charge in [-0.15, -0.1) is 0 Å². The monoisotopic (exact) mass is 693 g/mol. The van der Waals surface area contributed by atoms with Gasteiger partial charge in [0.1, 0.15) is 36.4 Å². The van der Waals surface area contributed by atoms with Gasteiger partial charge in [-0.25, -0.2) is 9.59 Å². The van der Waals surface area contributed by atoms with Crippen molar-refractivity contribution in [1.82, 2.24) is 9.47 Å². The lowest BCUT2D eigenvalue weighted by atomic mass is 10.0. The van der Waals surface area contributed by atoms with E-state index in [1.165, 1.54) is 17.0 Å². The molecule has 0 aliphatic rings. The standard InChI is InChI=1S/C40H43N3O8/c1-28(41(39(46)51-40(2,3)4)25-34(44)27-49-35-13-9-6-10-14-35)21-31-17-20-36-32(22-31)23-37(38(45)50-26-30-11-7-5-8-12-30)42(36)24-29-15-18-33(19-16-29)43(47)48/h5-20,22-23,28,34,44H,21,24-27H2,1-4H3/t28?,34-/m0/s1. The van der Waals surface area contributed by atoms with Crippen LogP contribution in [0, 0.1) is 10.1 Å². The molecule has 0 fully saturated rings. The second kappa shape index (κ2) is 16.4. The first kappa shape index (κ1) is 36.6. The van der Waals surface area contributed by atoms with Crippen LogP contribution in [0.4, 0.5) is 10.5 Å². The Morgan fingerprint density at radius 3 is 2.18 bits per heavy atom. The number of hydrogen-bond acceptors (Lipinski definition) is 8. The van der Waals surface area contributed by atoms with Crippen molar-refractivity contribution in [1.29, 1.82) is 0 Å². The van der Waals surface area contributed by atoms with E-state index in [2.05, 4.69) is 0 Å². The van der Waals surface area contributed by atoms with Gasteiger partial charge in [-0.2, -0.15) is 0 Å². The second-order valence-corrected chi connectivity index (χ2v) is 13.5. The first-order chi connectivity index (χ1) is 24.4. The highest BCUT2D eigenvalue weighted by Crippen LogP contribution is 2.26. The third-order valence-corrected chi connectivity index (χ3v) is 8.16. The van der Waals surface area contributed by atoms with Crippen molar-refractivity contribution in [2.45, 2.75) is 65.0 Å². The normalized spacial score (nSPS) is 12.6. The number of nitro groups is 1. The summed E-state index contributed by atoms with van der Waals surface area (Å²) in [6.07, 6.45) is -1.09. The number of fused-ring (bicyclic) bond motifs is 1. The van der Waals surface area contributed by atoms with Crippen LogP contribution in [0.25, 0.3) is 10.9 Å². The van der Waals surface area contributed by atoms with Gasteiger partial charge >= 0.3 is 12.1 Å². The van der Waals surface area contributed by atoms with Crippen molar-refractivity contribution < 1.29 is 33.8 Å². The van der Waals surface area contributed by atoms with Gasteiger partial charge in [0.05, 0.1) is 11.5 Å².